The van der Waals surface area contributed by atoms with Gasteiger partial charge < -0.3 is 198 Å². The van der Waals surface area contributed by atoms with Crippen molar-refractivity contribution in [2.45, 2.75) is 263 Å². The van der Waals surface area contributed by atoms with E-state index < -0.39 is 298 Å². The van der Waals surface area contributed by atoms with Crippen LogP contribution in [0.4, 0.5) is 0 Å². The zero-order chi connectivity index (χ0) is 71.7. The molecule has 1 aromatic carbocycles. The fourth-order valence-corrected chi connectivity index (χ4v) is 14.1. The topological polar surface area (TPSA) is 650 Å². The van der Waals surface area contributed by atoms with Gasteiger partial charge in [0.15, 0.2) is 50.3 Å². The second kappa shape index (κ2) is 34.4. The molecule has 30 aliphatic heterocycles. The molecule has 30 heterocycles. The van der Waals surface area contributed by atoms with Gasteiger partial charge in [-0.1, -0.05) is 12.1 Å². The van der Waals surface area contributed by atoms with Crippen molar-refractivity contribution in [1.29, 1.82) is 0 Å². The summed E-state index contributed by atoms with van der Waals surface area (Å²) in [5, 5.41) is 268. The highest BCUT2D eigenvalue weighted by Crippen LogP contribution is 2.41. The van der Waals surface area contributed by atoms with Gasteiger partial charge in [0.05, 0.1) is 52.4 Å². The maximum absolute atomic E-state index is 12.0. The van der Waals surface area contributed by atoms with Crippen LogP contribution in [-0.4, -0.2) is 426 Å². The molecule has 40 atom stereocenters. The Morgan fingerprint density at radius 3 is 0.697 bits per heavy atom. The monoisotopic (exact) mass is 1460 g/mol. The quantitative estimate of drug-likeness (QED) is 0.0816. The lowest BCUT2D eigenvalue weighted by Gasteiger charge is -2.50. The van der Waals surface area contributed by atoms with Crippen LogP contribution in [0.1, 0.15) is 12.0 Å². The molecule has 30 fully saturated rings. The van der Waals surface area contributed by atoms with Crippen LogP contribution in [-0.2, 0) is 87.0 Å². The summed E-state index contributed by atoms with van der Waals surface area (Å²) in [7, 11) is 0. The van der Waals surface area contributed by atoms with Gasteiger partial charge in [-0.15, -0.1) is 11.8 Å². The molecule has 0 aromatic heterocycles. The van der Waals surface area contributed by atoms with Gasteiger partial charge >= 0.3 is 5.97 Å². The molecular weight excluding hydrogens is 1370 g/mol. The third-order valence-electron chi connectivity index (χ3n) is 18.7. The van der Waals surface area contributed by atoms with Crippen molar-refractivity contribution >= 4 is 17.7 Å². The van der Waals surface area contributed by atoms with Crippen molar-refractivity contribution in [2.75, 3.05) is 52.0 Å². The van der Waals surface area contributed by atoms with E-state index in [9.17, 15) is 127 Å². The predicted octanol–water partition coefficient (Wildman–Crippen LogP) is -14.6. The maximum Gasteiger partial charge on any atom is 0.303 e. The Hall–Kier alpha value is -2.52. The summed E-state index contributed by atoms with van der Waals surface area (Å²) in [5.41, 5.74) is 0.589. The highest BCUT2D eigenvalue weighted by atomic mass is 32.2. The minimum absolute atomic E-state index is 0.114. The molecule has 41 nitrogen and oxygen atoms in total. The van der Waals surface area contributed by atoms with Crippen LogP contribution in [0.2, 0.25) is 0 Å². The number of hydrogen-bond donors (Lipinski definition) is 24. The molecule has 0 aliphatic carbocycles. The molecule has 568 valence electrons. The lowest BCUT2D eigenvalue weighted by molar-refractivity contribution is -0.403. The highest BCUT2D eigenvalue weighted by molar-refractivity contribution is 7.99. The van der Waals surface area contributed by atoms with E-state index in [1.807, 2.05) is 0 Å². The Bertz CT molecular complexity index is 2670. The first-order chi connectivity index (χ1) is 47.2. The SMILES string of the molecule is O=C(O)CCc1cccc(SC[C@H]2O[C@@H]3O[C@H]4[C@H](O)[C@@H](O)[C@@H](O[C@H]5[C@H](O)[C@@H](O)[C@@H](O[C@H]6[C@H](O)[C@@H](O)[C@@H](O[C@H]7[C@H](O)[C@@H](O)[C@@H](O[C@H]8[C@@H](O)[C@@H](O)[C@@H](O[C@H]9[C@H](O)[C@@H](O)[C@@H](O[C@H]%10[C@@H](O)[C@H](O)[C@@H](O[C@H]2[C@H](O)[C@H]3O)O[C@@H]%10CO)O[C@@H]9CO)O[C@@H]8CO)O[C@@H]7CO)O[C@H]6CO)O[C@H]5CO)O[C@H]4CO)c1. The van der Waals surface area contributed by atoms with Crippen molar-refractivity contribution in [3.05, 3.63) is 29.8 Å². The van der Waals surface area contributed by atoms with E-state index in [2.05, 4.69) is 0 Å². The Morgan fingerprint density at radius 1 is 0.293 bits per heavy atom. The van der Waals surface area contributed by atoms with Gasteiger partial charge in [0.25, 0.3) is 0 Å². The summed E-state index contributed by atoms with van der Waals surface area (Å²) in [4.78, 5) is 11.9. The number of carboxylic acid groups (broad SMARTS) is 1. The Kier molecular flexibility index (Phi) is 27.4. The molecule has 31 rings (SSSR count). The van der Waals surface area contributed by atoms with Crippen molar-refractivity contribution in [3.8, 4) is 0 Å². The summed E-state index contributed by atoms with van der Waals surface area (Å²) >= 11 is 1.02. The Labute approximate surface area is 564 Å². The molecule has 1 aromatic rings. The number of rotatable bonds is 13. The van der Waals surface area contributed by atoms with Crippen LogP contribution in [0.15, 0.2) is 29.2 Å². The number of ether oxygens (including phenoxy) is 16. The molecule has 0 saturated carbocycles. The van der Waals surface area contributed by atoms with Crippen LogP contribution in [0, 0.1) is 0 Å². The number of aliphatic carboxylic acids is 1. The van der Waals surface area contributed by atoms with E-state index in [4.69, 9.17) is 75.8 Å². The highest BCUT2D eigenvalue weighted by Gasteiger charge is 2.60. The molecule has 42 heteroatoms. The van der Waals surface area contributed by atoms with Gasteiger partial charge in [-0.2, -0.15) is 0 Å². The standard InChI is InChI=1S/C57H88O41S/c58-7-17-42-26(67)34(75)50(83-17)92-43-18(8-59)85-52(36(77)28(43)69)94-45-20(10-61)87-54(38(79)30(45)71)96-47-22(12-63)89-56(40(81)32(47)73)98-49-24(14-99-16-3-1-2-15(6-16)4-5-25(65)66)90-57(41(82)33(49)74)97-48-23(13-64)88-55(39(80)31(48)72)95-46-21(11-62)86-53(37(78)29(46)70)93-44-19(9-60)84-51(91-42)35(76)27(44)68/h1-3,6,17-24,26-64,67-82H,4-5,7-14H2,(H,65,66)/t17-,18-,19+,20-,21+,22-,23+,24-,26-,27-,28+,29-,30-,31-,32+,33-,34-,35-,36-,37-,38-,39-,40+,41-,42-,43-,44-,45-,46-,47-,48-,49-,50-,51-,52-,53-,54-,55-,56-,57-/m1/s1. The number of hydrogen-bond acceptors (Lipinski definition) is 41. The van der Waals surface area contributed by atoms with Crippen molar-refractivity contribution in [1.82, 2.24) is 0 Å². The van der Waals surface area contributed by atoms with Crippen LogP contribution in [0.5, 0.6) is 0 Å². The lowest BCUT2D eigenvalue weighted by atomic mass is 9.95. The molecule has 0 amide bonds. The average Bonchev–Trinajstić information content (AvgIpc) is 0.780. The number of aliphatic hydroxyl groups is 23. The van der Waals surface area contributed by atoms with E-state index in [-0.39, 0.29) is 18.6 Å². The summed E-state index contributed by atoms with van der Waals surface area (Å²) in [6.45, 7) is -7.62. The van der Waals surface area contributed by atoms with Gasteiger partial charge in [0.1, 0.15) is 189 Å². The number of thioether (sulfide) groups is 1. The second-order valence-electron chi connectivity index (χ2n) is 25.1. The van der Waals surface area contributed by atoms with Crippen molar-refractivity contribution in [2.24, 2.45) is 0 Å². The van der Waals surface area contributed by atoms with E-state index >= 15 is 0 Å². The molecule has 0 radical (unpaired) electrons. The molecule has 0 spiro atoms. The Balaban J connectivity index is 0.933. The molecule has 24 N–H and O–H groups in total. The first kappa shape index (κ1) is 79.1. The van der Waals surface area contributed by atoms with E-state index in [0.29, 0.717) is 10.5 Å². The minimum atomic E-state index is -2.27. The van der Waals surface area contributed by atoms with Gasteiger partial charge in [-0.25, -0.2) is 0 Å². The maximum atomic E-state index is 12.0. The van der Waals surface area contributed by atoms with Crippen molar-refractivity contribution in [3.63, 3.8) is 0 Å². The van der Waals surface area contributed by atoms with Crippen LogP contribution < -0.4 is 0 Å². The summed E-state index contributed by atoms with van der Waals surface area (Å²) in [6, 6.07) is 6.54. The van der Waals surface area contributed by atoms with E-state index in [1.54, 1.807) is 24.3 Å². The van der Waals surface area contributed by atoms with Gasteiger partial charge in [-0.05, 0) is 24.1 Å². The fourth-order valence-electron chi connectivity index (χ4n) is 13.1. The molecule has 30 aliphatic rings. The summed E-state index contributed by atoms with van der Waals surface area (Å²) < 4.78 is 93.2. The molecule has 0 unspecified atom stereocenters. The average molecular weight is 1460 g/mol. The normalized spacial score (nSPS) is 50.5. The summed E-state index contributed by atoms with van der Waals surface area (Å²) in [5.74, 6) is -1.36. The van der Waals surface area contributed by atoms with Crippen molar-refractivity contribution < 1.29 is 203 Å². The zero-order valence-corrected chi connectivity index (χ0v) is 52.9. The largest absolute Gasteiger partial charge is 0.481 e. The third-order valence-corrected chi connectivity index (χ3v) is 19.7. The molecule has 16 bridgehead atoms. The smallest absolute Gasteiger partial charge is 0.303 e. The fraction of sp³-hybridized carbons (Fsp3) is 0.877. The van der Waals surface area contributed by atoms with Gasteiger partial charge in [0.2, 0.25) is 0 Å². The lowest BCUT2D eigenvalue weighted by Crippen LogP contribution is -2.69. The van der Waals surface area contributed by atoms with Gasteiger partial charge in [0, 0.05) is 17.1 Å². The number of aryl methyl sites for hydroxylation is 1. The number of carbonyl (C=O) groups is 1. The molecule has 30 saturated heterocycles. The second-order valence-corrected chi connectivity index (χ2v) is 26.2. The first-order valence-electron chi connectivity index (χ1n) is 31.8. The molecular formula is C57H88O41S. The minimum Gasteiger partial charge on any atom is -0.481 e. The number of carboxylic acids is 1. The first-order valence-corrected chi connectivity index (χ1v) is 32.8. The predicted molar refractivity (Wildman–Crippen MR) is 307 cm³/mol. The Morgan fingerprint density at radius 2 is 0.495 bits per heavy atom. The van der Waals surface area contributed by atoms with Gasteiger partial charge in [-0.3, -0.25) is 4.79 Å². The van der Waals surface area contributed by atoms with Crippen LogP contribution >= 0.6 is 11.8 Å². The van der Waals surface area contributed by atoms with Crippen LogP contribution in [0.3, 0.4) is 0 Å². The number of aliphatic hydroxyl groups excluding tert-OH is 23. The third kappa shape index (κ3) is 16.7. The zero-order valence-electron chi connectivity index (χ0n) is 52.1. The molecule has 99 heavy (non-hydrogen) atoms. The van der Waals surface area contributed by atoms with E-state index in [1.165, 1.54) is 0 Å². The number of benzene rings is 1. The van der Waals surface area contributed by atoms with Crippen LogP contribution in [0.25, 0.3) is 0 Å². The van der Waals surface area contributed by atoms with E-state index in [0.717, 1.165) is 11.8 Å². The summed E-state index contributed by atoms with van der Waals surface area (Å²) in [6.07, 6.45) is -82.2.